The van der Waals surface area contributed by atoms with Gasteiger partial charge in [0.05, 0.1) is 17.8 Å². The van der Waals surface area contributed by atoms with Crippen LogP contribution < -0.4 is 16.8 Å². The zero-order chi connectivity index (χ0) is 14.0. The van der Waals surface area contributed by atoms with Gasteiger partial charge in [-0.05, 0) is 32.9 Å². The van der Waals surface area contributed by atoms with E-state index in [0.717, 1.165) is 11.4 Å². The third kappa shape index (κ3) is 2.81. The molecule has 0 saturated heterocycles. The van der Waals surface area contributed by atoms with E-state index in [-0.39, 0.29) is 5.54 Å². The number of nitrogen functional groups attached to an aromatic ring is 2. The highest BCUT2D eigenvalue weighted by molar-refractivity contribution is 5.63. The third-order valence-corrected chi connectivity index (χ3v) is 2.90. The van der Waals surface area contributed by atoms with Crippen LogP contribution in [-0.4, -0.2) is 9.78 Å². The van der Waals surface area contributed by atoms with Gasteiger partial charge in [0, 0.05) is 5.69 Å². The maximum Gasteiger partial charge on any atom is 0.146 e. The first kappa shape index (κ1) is 13.3. The summed E-state index contributed by atoms with van der Waals surface area (Å²) in [6, 6.07) is 9.94. The molecule has 5 N–H and O–H groups in total. The standard InChI is InChI=1S/C14H21N5/c1-14(2,3)19-13(16)12(15)11(18-19)9-17-10-7-5-4-6-8-10/h4-8,17H,9,15-16H2,1-3H3. The molecular weight excluding hydrogens is 238 g/mol. The van der Waals surface area contributed by atoms with E-state index >= 15 is 0 Å². The highest BCUT2D eigenvalue weighted by Crippen LogP contribution is 2.26. The van der Waals surface area contributed by atoms with Gasteiger partial charge in [0.1, 0.15) is 11.5 Å². The monoisotopic (exact) mass is 259 g/mol. The number of nitrogens with one attached hydrogen (secondary N) is 1. The Morgan fingerprint density at radius 2 is 1.79 bits per heavy atom. The van der Waals surface area contributed by atoms with Crippen LogP contribution in [0.3, 0.4) is 0 Å². The van der Waals surface area contributed by atoms with Gasteiger partial charge in [0.2, 0.25) is 0 Å². The first-order valence-electron chi connectivity index (χ1n) is 6.32. The fraction of sp³-hybridized carbons (Fsp3) is 0.357. The van der Waals surface area contributed by atoms with Crippen molar-refractivity contribution < 1.29 is 0 Å². The molecule has 0 aliphatic heterocycles. The Kier molecular flexibility index (Phi) is 3.38. The Balaban J connectivity index is 2.18. The SMILES string of the molecule is CC(C)(C)n1nc(CNc2ccccc2)c(N)c1N. The van der Waals surface area contributed by atoms with E-state index in [4.69, 9.17) is 11.5 Å². The van der Waals surface area contributed by atoms with Crippen molar-refractivity contribution in [2.45, 2.75) is 32.9 Å². The summed E-state index contributed by atoms with van der Waals surface area (Å²) in [5.74, 6) is 0.525. The van der Waals surface area contributed by atoms with Crippen molar-refractivity contribution in [1.82, 2.24) is 9.78 Å². The van der Waals surface area contributed by atoms with E-state index in [0.29, 0.717) is 18.1 Å². The first-order valence-corrected chi connectivity index (χ1v) is 6.32. The highest BCUT2D eigenvalue weighted by Gasteiger charge is 2.21. The molecule has 19 heavy (non-hydrogen) atoms. The van der Waals surface area contributed by atoms with Crippen molar-refractivity contribution in [1.29, 1.82) is 0 Å². The molecule has 0 bridgehead atoms. The summed E-state index contributed by atoms with van der Waals surface area (Å²) in [5.41, 5.74) is 14.2. The average Bonchev–Trinajstić information content (AvgIpc) is 2.65. The molecule has 0 saturated carbocycles. The number of nitrogens with zero attached hydrogens (tertiary/aromatic N) is 2. The Hall–Kier alpha value is -2.17. The van der Waals surface area contributed by atoms with Gasteiger partial charge in [-0.25, -0.2) is 4.68 Å². The van der Waals surface area contributed by atoms with E-state index in [2.05, 4.69) is 10.4 Å². The summed E-state index contributed by atoms with van der Waals surface area (Å²) in [6.07, 6.45) is 0. The average molecular weight is 259 g/mol. The smallest absolute Gasteiger partial charge is 0.146 e. The predicted molar refractivity (Wildman–Crippen MR) is 79.8 cm³/mol. The Morgan fingerprint density at radius 3 is 2.32 bits per heavy atom. The summed E-state index contributed by atoms with van der Waals surface area (Å²) in [7, 11) is 0. The van der Waals surface area contributed by atoms with Crippen LogP contribution in [0.15, 0.2) is 30.3 Å². The van der Waals surface area contributed by atoms with E-state index < -0.39 is 0 Å². The first-order chi connectivity index (χ1) is 8.89. The predicted octanol–water partition coefficient (Wildman–Crippen LogP) is 2.41. The quantitative estimate of drug-likeness (QED) is 0.790. The molecule has 0 unspecified atom stereocenters. The molecule has 1 heterocycles. The summed E-state index contributed by atoms with van der Waals surface area (Å²) in [6.45, 7) is 6.70. The van der Waals surface area contributed by atoms with Crippen LogP contribution in [0.4, 0.5) is 17.2 Å². The zero-order valence-electron chi connectivity index (χ0n) is 11.6. The van der Waals surface area contributed by atoms with Gasteiger partial charge < -0.3 is 16.8 Å². The van der Waals surface area contributed by atoms with Crippen LogP contribution in [0.5, 0.6) is 0 Å². The number of hydrogen-bond acceptors (Lipinski definition) is 4. The fourth-order valence-electron chi connectivity index (χ4n) is 1.87. The van der Waals surface area contributed by atoms with E-state index in [9.17, 15) is 0 Å². The molecule has 102 valence electrons. The maximum atomic E-state index is 6.02. The molecule has 0 amide bonds. The lowest BCUT2D eigenvalue weighted by molar-refractivity contribution is 0.359. The lowest BCUT2D eigenvalue weighted by Crippen LogP contribution is -2.25. The zero-order valence-corrected chi connectivity index (χ0v) is 11.6. The molecule has 5 heteroatoms. The molecule has 0 radical (unpaired) electrons. The largest absolute Gasteiger partial charge is 0.394 e. The molecule has 1 aromatic carbocycles. The number of benzene rings is 1. The number of rotatable bonds is 3. The molecule has 2 rings (SSSR count). The third-order valence-electron chi connectivity index (χ3n) is 2.90. The normalized spacial score (nSPS) is 11.5. The van der Waals surface area contributed by atoms with E-state index in [1.54, 1.807) is 4.68 Å². The van der Waals surface area contributed by atoms with Gasteiger partial charge >= 0.3 is 0 Å². The summed E-state index contributed by atoms with van der Waals surface area (Å²) >= 11 is 0. The Morgan fingerprint density at radius 1 is 1.16 bits per heavy atom. The minimum Gasteiger partial charge on any atom is -0.394 e. The topological polar surface area (TPSA) is 81.9 Å². The van der Waals surface area contributed by atoms with Crippen LogP contribution in [0.2, 0.25) is 0 Å². The molecule has 0 fully saturated rings. The molecule has 0 aliphatic rings. The number of para-hydroxylation sites is 1. The minimum absolute atomic E-state index is 0.177. The van der Waals surface area contributed by atoms with Crippen molar-refractivity contribution >= 4 is 17.2 Å². The molecule has 0 spiro atoms. The second-order valence-corrected chi connectivity index (χ2v) is 5.55. The van der Waals surface area contributed by atoms with Crippen molar-refractivity contribution in [3.05, 3.63) is 36.0 Å². The second-order valence-electron chi connectivity index (χ2n) is 5.55. The molecule has 1 aromatic heterocycles. The molecule has 2 aromatic rings. The number of anilines is 3. The van der Waals surface area contributed by atoms with Gasteiger partial charge in [0.15, 0.2) is 0 Å². The van der Waals surface area contributed by atoms with Gasteiger partial charge in [-0.15, -0.1) is 0 Å². The van der Waals surface area contributed by atoms with Gasteiger partial charge in [-0.3, -0.25) is 0 Å². The van der Waals surface area contributed by atoms with Crippen LogP contribution in [0, 0.1) is 0 Å². The molecule has 0 aliphatic carbocycles. The van der Waals surface area contributed by atoms with Crippen molar-refractivity contribution in [2.24, 2.45) is 0 Å². The Bertz CT molecular complexity index is 551. The van der Waals surface area contributed by atoms with Gasteiger partial charge in [-0.2, -0.15) is 5.10 Å². The van der Waals surface area contributed by atoms with Crippen LogP contribution in [-0.2, 0) is 12.1 Å². The van der Waals surface area contributed by atoms with E-state index in [1.165, 1.54) is 0 Å². The molecular formula is C14H21N5. The maximum absolute atomic E-state index is 6.02. The number of nitrogens with two attached hydrogens (primary N) is 2. The minimum atomic E-state index is -0.177. The summed E-state index contributed by atoms with van der Waals surface area (Å²) in [5, 5.41) is 7.78. The molecule has 0 atom stereocenters. The summed E-state index contributed by atoms with van der Waals surface area (Å²) < 4.78 is 1.77. The Labute approximate surface area is 113 Å². The van der Waals surface area contributed by atoms with Gasteiger partial charge in [0.25, 0.3) is 0 Å². The van der Waals surface area contributed by atoms with Crippen molar-refractivity contribution in [3.8, 4) is 0 Å². The lowest BCUT2D eigenvalue weighted by atomic mass is 10.1. The second kappa shape index (κ2) is 4.84. The van der Waals surface area contributed by atoms with Gasteiger partial charge in [-0.1, -0.05) is 18.2 Å². The number of hydrogen-bond donors (Lipinski definition) is 3. The molecule has 5 nitrogen and oxygen atoms in total. The van der Waals surface area contributed by atoms with E-state index in [1.807, 2.05) is 51.1 Å². The van der Waals surface area contributed by atoms with Crippen molar-refractivity contribution in [2.75, 3.05) is 16.8 Å². The lowest BCUT2D eigenvalue weighted by Gasteiger charge is -2.20. The van der Waals surface area contributed by atoms with Crippen molar-refractivity contribution in [3.63, 3.8) is 0 Å². The van der Waals surface area contributed by atoms with Crippen LogP contribution in [0.1, 0.15) is 26.5 Å². The summed E-state index contributed by atoms with van der Waals surface area (Å²) in [4.78, 5) is 0. The van der Waals surface area contributed by atoms with Crippen LogP contribution >= 0.6 is 0 Å². The highest BCUT2D eigenvalue weighted by atomic mass is 15.4. The van der Waals surface area contributed by atoms with Crippen LogP contribution in [0.25, 0.3) is 0 Å². The fourth-order valence-corrected chi connectivity index (χ4v) is 1.87. The number of aromatic nitrogens is 2.